The van der Waals surface area contributed by atoms with E-state index in [1.165, 1.54) is 0 Å². The van der Waals surface area contributed by atoms with Crippen molar-refractivity contribution in [2.24, 2.45) is 0 Å². The lowest BCUT2D eigenvalue weighted by Crippen LogP contribution is -1.92. The number of hydrogen-bond donors (Lipinski definition) is 0. The molecule has 0 aromatic heterocycles. The smallest absolute Gasteiger partial charge is 0.128 e. The van der Waals surface area contributed by atoms with E-state index in [1.807, 2.05) is 24.3 Å². The van der Waals surface area contributed by atoms with E-state index in [4.69, 9.17) is 10.00 Å². The predicted octanol–water partition coefficient (Wildman–Crippen LogP) is 2.32. The maximum atomic E-state index is 8.61. The Bertz CT molecular complexity index is 322. The first-order valence-electron chi connectivity index (χ1n) is 4.13. The van der Waals surface area contributed by atoms with Crippen molar-refractivity contribution in [3.05, 3.63) is 35.4 Å². The van der Waals surface area contributed by atoms with Crippen LogP contribution in [-0.4, -0.2) is 12.4 Å². The molecule has 13 heavy (non-hydrogen) atoms. The summed E-state index contributed by atoms with van der Waals surface area (Å²) in [6.07, 6.45) is 0. The molecule has 66 valence electrons. The van der Waals surface area contributed by atoms with Crippen LogP contribution in [0.15, 0.2) is 24.3 Å². The van der Waals surface area contributed by atoms with Gasteiger partial charge in [0, 0.05) is 5.75 Å². The molecule has 2 nitrogen and oxygen atoms in total. The number of nitrogens with zero attached hydrogens (tertiary/aromatic N) is 1. The third kappa shape index (κ3) is 1.85. The molecule has 1 aromatic rings. The standard InChI is InChI=1S/C10H9NOS/c11-7-8-1-3-9(4-2-8)10-12-5-6-13-10/h1-4,10H,5-6H2. The topological polar surface area (TPSA) is 33.0 Å². The van der Waals surface area contributed by atoms with Crippen LogP contribution in [0.1, 0.15) is 16.6 Å². The van der Waals surface area contributed by atoms with Crippen molar-refractivity contribution < 1.29 is 4.74 Å². The molecule has 1 aliphatic heterocycles. The van der Waals surface area contributed by atoms with Crippen molar-refractivity contribution in [3.8, 4) is 6.07 Å². The van der Waals surface area contributed by atoms with Gasteiger partial charge in [0.05, 0.1) is 18.2 Å². The minimum Gasteiger partial charge on any atom is -0.362 e. The second kappa shape index (κ2) is 3.82. The fourth-order valence-electron chi connectivity index (χ4n) is 1.27. The van der Waals surface area contributed by atoms with Gasteiger partial charge in [0.15, 0.2) is 0 Å². The van der Waals surface area contributed by atoms with Crippen LogP contribution in [0.5, 0.6) is 0 Å². The molecule has 0 N–H and O–H groups in total. The fraction of sp³-hybridized carbons (Fsp3) is 0.300. The molecule has 1 aromatic carbocycles. The van der Waals surface area contributed by atoms with E-state index in [9.17, 15) is 0 Å². The minimum atomic E-state index is 0.174. The first-order valence-corrected chi connectivity index (χ1v) is 5.18. The number of benzene rings is 1. The van der Waals surface area contributed by atoms with Gasteiger partial charge in [-0.25, -0.2) is 0 Å². The Labute approximate surface area is 81.5 Å². The Balaban J connectivity index is 2.18. The van der Waals surface area contributed by atoms with Gasteiger partial charge in [-0.05, 0) is 17.7 Å². The Hall–Kier alpha value is -0.980. The highest BCUT2D eigenvalue weighted by atomic mass is 32.2. The zero-order valence-corrected chi connectivity index (χ0v) is 7.88. The monoisotopic (exact) mass is 191 g/mol. The Morgan fingerprint density at radius 1 is 1.38 bits per heavy atom. The third-order valence-electron chi connectivity index (χ3n) is 1.93. The van der Waals surface area contributed by atoms with Crippen molar-refractivity contribution in [1.29, 1.82) is 5.26 Å². The lowest BCUT2D eigenvalue weighted by molar-refractivity contribution is 0.145. The summed E-state index contributed by atoms with van der Waals surface area (Å²) in [6.45, 7) is 0.829. The average Bonchev–Trinajstić information content (AvgIpc) is 2.71. The van der Waals surface area contributed by atoms with Crippen LogP contribution < -0.4 is 0 Å². The molecule has 1 heterocycles. The molecule has 0 amide bonds. The van der Waals surface area contributed by atoms with Crippen LogP contribution in [0.2, 0.25) is 0 Å². The lowest BCUT2D eigenvalue weighted by atomic mass is 10.1. The van der Waals surface area contributed by atoms with E-state index in [2.05, 4.69) is 6.07 Å². The van der Waals surface area contributed by atoms with E-state index in [0.717, 1.165) is 17.9 Å². The molecule has 0 radical (unpaired) electrons. The molecule has 1 aliphatic rings. The van der Waals surface area contributed by atoms with E-state index < -0.39 is 0 Å². The number of nitriles is 1. The van der Waals surface area contributed by atoms with Gasteiger partial charge in [-0.1, -0.05) is 12.1 Å². The summed E-state index contributed by atoms with van der Waals surface area (Å²) in [7, 11) is 0. The zero-order valence-electron chi connectivity index (χ0n) is 7.06. The van der Waals surface area contributed by atoms with Gasteiger partial charge >= 0.3 is 0 Å². The molecule has 0 spiro atoms. The van der Waals surface area contributed by atoms with E-state index in [1.54, 1.807) is 11.8 Å². The molecule has 1 saturated heterocycles. The molecule has 1 atom stereocenters. The lowest BCUT2D eigenvalue weighted by Gasteiger charge is -2.07. The van der Waals surface area contributed by atoms with Crippen molar-refractivity contribution in [1.82, 2.24) is 0 Å². The van der Waals surface area contributed by atoms with Gasteiger partial charge < -0.3 is 4.74 Å². The fourth-order valence-corrected chi connectivity index (χ4v) is 2.21. The molecule has 0 bridgehead atoms. The molecule has 0 saturated carbocycles. The molecular weight excluding hydrogens is 182 g/mol. The van der Waals surface area contributed by atoms with E-state index in [-0.39, 0.29) is 5.44 Å². The highest BCUT2D eigenvalue weighted by Crippen LogP contribution is 2.34. The second-order valence-electron chi connectivity index (χ2n) is 2.81. The van der Waals surface area contributed by atoms with Crippen molar-refractivity contribution >= 4 is 11.8 Å². The van der Waals surface area contributed by atoms with E-state index >= 15 is 0 Å². The summed E-state index contributed by atoms with van der Waals surface area (Å²) >= 11 is 1.80. The first-order chi connectivity index (χ1) is 6.40. The van der Waals surface area contributed by atoms with Gasteiger partial charge in [-0.2, -0.15) is 5.26 Å². The van der Waals surface area contributed by atoms with Crippen LogP contribution in [0.4, 0.5) is 0 Å². The number of ether oxygens (including phenoxy) is 1. The number of hydrogen-bond acceptors (Lipinski definition) is 3. The van der Waals surface area contributed by atoms with E-state index in [0.29, 0.717) is 5.56 Å². The van der Waals surface area contributed by atoms with Crippen LogP contribution in [0.3, 0.4) is 0 Å². The van der Waals surface area contributed by atoms with Gasteiger partial charge in [0.25, 0.3) is 0 Å². The van der Waals surface area contributed by atoms with Gasteiger partial charge in [0.2, 0.25) is 0 Å². The highest BCUT2D eigenvalue weighted by molar-refractivity contribution is 7.99. The summed E-state index contributed by atoms with van der Waals surface area (Å²) in [6, 6.07) is 9.68. The zero-order chi connectivity index (χ0) is 9.10. The third-order valence-corrected chi connectivity index (χ3v) is 3.05. The molecule has 1 unspecified atom stereocenters. The maximum Gasteiger partial charge on any atom is 0.128 e. The van der Waals surface area contributed by atoms with Crippen molar-refractivity contribution in [3.63, 3.8) is 0 Å². The van der Waals surface area contributed by atoms with Crippen LogP contribution in [-0.2, 0) is 4.74 Å². The quantitative estimate of drug-likeness (QED) is 0.683. The Morgan fingerprint density at radius 3 is 2.69 bits per heavy atom. The predicted molar refractivity (Wildman–Crippen MR) is 52.3 cm³/mol. The van der Waals surface area contributed by atoms with Crippen LogP contribution in [0, 0.1) is 11.3 Å². The molecular formula is C10H9NOS. The normalized spacial score (nSPS) is 21.3. The minimum absolute atomic E-state index is 0.174. The SMILES string of the molecule is N#Cc1ccc(C2OCCS2)cc1. The van der Waals surface area contributed by atoms with Gasteiger partial charge in [-0.15, -0.1) is 11.8 Å². The maximum absolute atomic E-state index is 8.61. The molecule has 1 fully saturated rings. The molecule has 2 rings (SSSR count). The Kier molecular flexibility index (Phi) is 2.53. The summed E-state index contributed by atoms with van der Waals surface area (Å²) in [5.74, 6) is 1.06. The van der Waals surface area contributed by atoms with Crippen LogP contribution in [0.25, 0.3) is 0 Å². The first kappa shape index (κ1) is 8.61. The number of rotatable bonds is 1. The highest BCUT2D eigenvalue weighted by Gasteiger charge is 2.17. The summed E-state index contributed by atoms with van der Waals surface area (Å²) in [5, 5.41) is 8.61. The van der Waals surface area contributed by atoms with Gasteiger partial charge in [0.1, 0.15) is 5.44 Å². The summed E-state index contributed by atoms with van der Waals surface area (Å²) in [4.78, 5) is 0. The summed E-state index contributed by atoms with van der Waals surface area (Å²) in [5.41, 5.74) is 2.03. The average molecular weight is 191 g/mol. The van der Waals surface area contributed by atoms with Crippen LogP contribution >= 0.6 is 11.8 Å². The van der Waals surface area contributed by atoms with Gasteiger partial charge in [-0.3, -0.25) is 0 Å². The van der Waals surface area contributed by atoms with Crippen molar-refractivity contribution in [2.45, 2.75) is 5.44 Å². The van der Waals surface area contributed by atoms with Crippen molar-refractivity contribution in [2.75, 3.05) is 12.4 Å². The number of thioether (sulfide) groups is 1. The second-order valence-corrected chi connectivity index (χ2v) is 3.98. The Morgan fingerprint density at radius 2 is 2.15 bits per heavy atom. The summed E-state index contributed by atoms with van der Waals surface area (Å²) < 4.78 is 5.49. The molecule has 3 heteroatoms. The largest absolute Gasteiger partial charge is 0.362 e. The molecule has 0 aliphatic carbocycles.